The van der Waals surface area contributed by atoms with Crippen molar-refractivity contribution in [3.05, 3.63) is 46.6 Å². The Hall–Kier alpha value is -2.07. The number of hydrogen-bond donors (Lipinski definition) is 1. The van der Waals surface area contributed by atoms with Gasteiger partial charge in [-0.3, -0.25) is 0 Å². The van der Waals surface area contributed by atoms with Crippen LogP contribution < -0.4 is 5.73 Å². The number of fused-ring (bicyclic) bond motifs is 1. The molecule has 0 aliphatic heterocycles. The average Bonchev–Trinajstić information content (AvgIpc) is 2.74. The maximum absolute atomic E-state index is 6.17. The van der Waals surface area contributed by atoms with Crippen LogP contribution in [0.15, 0.2) is 30.5 Å². The quantitative estimate of drug-likeness (QED) is 0.740. The topological polar surface area (TPSA) is 56.2 Å². The van der Waals surface area contributed by atoms with Gasteiger partial charge < -0.3 is 5.73 Å². The van der Waals surface area contributed by atoms with Crippen LogP contribution in [0, 0.1) is 13.8 Å². The summed E-state index contributed by atoms with van der Waals surface area (Å²) >= 11 is 6.17. The fourth-order valence-electron chi connectivity index (χ4n) is 2.23. The highest BCUT2D eigenvalue weighted by Gasteiger charge is 2.09. The second-order valence-electron chi connectivity index (χ2n) is 4.56. The summed E-state index contributed by atoms with van der Waals surface area (Å²) in [5.74, 6) is 0.281. The van der Waals surface area contributed by atoms with Crippen molar-refractivity contribution in [2.45, 2.75) is 13.8 Å². The number of anilines is 1. The van der Waals surface area contributed by atoms with Crippen LogP contribution >= 0.6 is 11.6 Å². The van der Waals surface area contributed by atoms with E-state index in [0.29, 0.717) is 0 Å². The molecule has 2 heterocycles. The van der Waals surface area contributed by atoms with Crippen molar-refractivity contribution in [3.8, 4) is 11.1 Å². The number of nitrogens with two attached hydrogens (primary N) is 1. The molecule has 0 saturated carbocycles. The van der Waals surface area contributed by atoms with Gasteiger partial charge in [0.15, 0.2) is 5.65 Å². The molecule has 0 saturated heterocycles. The zero-order valence-electron chi connectivity index (χ0n) is 10.7. The highest BCUT2D eigenvalue weighted by molar-refractivity contribution is 6.31. The number of rotatable bonds is 1. The first-order chi connectivity index (χ1) is 9.06. The predicted octanol–water partition coefficient (Wildman–Crippen LogP) is 3.25. The van der Waals surface area contributed by atoms with E-state index in [9.17, 15) is 0 Å². The minimum atomic E-state index is 0.281. The molecule has 5 heteroatoms. The van der Waals surface area contributed by atoms with Crippen molar-refractivity contribution in [1.82, 2.24) is 14.6 Å². The van der Waals surface area contributed by atoms with E-state index in [0.717, 1.165) is 32.9 Å². The summed E-state index contributed by atoms with van der Waals surface area (Å²) in [7, 11) is 0. The first-order valence-electron chi connectivity index (χ1n) is 5.94. The molecule has 0 bridgehead atoms. The zero-order valence-corrected chi connectivity index (χ0v) is 11.4. The lowest BCUT2D eigenvalue weighted by molar-refractivity contribution is 0.964. The van der Waals surface area contributed by atoms with E-state index < -0.39 is 0 Å². The van der Waals surface area contributed by atoms with Crippen molar-refractivity contribution >= 4 is 23.2 Å². The van der Waals surface area contributed by atoms with Crippen LogP contribution in [-0.4, -0.2) is 14.6 Å². The number of aromatic nitrogens is 3. The fraction of sp³-hybridized carbons (Fsp3) is 0.143. The van der Waals surface area contributed by atoms with E-state index in [1.165, 1.54) is 0 Å². The summed E-state index contributed by atoms with van der Waals surface area (Å²) in [6.07, 6.45) is 1.92. The molecule has 3 rings (SSSR count). The molecule has 96 valence electrons. The van der Waals surface area contributed by atoms with Crippen LogP contribution in [0.3, 0.4) is 0 Å². The Morgan fingerprint density at radius 2 is 2.05 bits per heavy atom. The van der Waals surface area contributed by atoms with Gasteiger partial charge in [-0.2, -0.15) is 4.98 Å². The number of nitrogens with zero attached hydrogens (tertiary/aromatic N) is 3. The summed E-state index contributed by atoms with van der Waals surface area (Å²) < 4.78 is 1.71. The van der Waals surface area contributed by atoms with E-state index >= 15 is 0 Å². The minimum absolute atomic E-state index is 0.281. The number of benzene rings is 1. The van der Waals surface area contributed by atoms with Gasteiger partial charge in [-0.05, 0) is 42.7 Å². The number of nitrogen functional groups attached to an aromatic ring is 1. The van der Waals surface area contributed by atoms with Crippen LogP contribution in [0.5, 0.6) is 0 Å². The smallest absolute Gasteiger partial charge is 0.240 e. The Morgan fingerprint density at radius 3 is 2.84 bits per heavy atom. The molecule has 4 nitrogen and oxygen atoms in total. The highest BCUT2D eigenvalue weighted by Crippen LogP contribution is 2.29. The molecular weight excluding hydrogens is 260 g/mol. The summed E-state index contributed by atoms with van der Waals surface area (Å²) in [5.41, 5.74) is 10.6. The van der Waals surface area contributed by atoms with Crippen LogP contribution in [0.4, 0.5) is 5.95 Å². The maximum atomic E-state index is 6.17. The third-order valence-electron chi connectivity index (χ3n) is 3.21. The van der Waals surface area contributed by atoms with Gasteiger partial charge in [0, 0.05) is 16.8 Å². The molecule has 0 spiro atoms. The van der Waals surface area contributed by atoms with Gasteiger partial charge in [0.2, 0.25) is 5.95 Å². The third kappa shape index (κ3) is 1.94. The number of halogens is 1. The molecule has 0 unspecified atom stereocenters. The predicted molar refractivity (Wildman–Crippen MR) is 77.3 cm³/mol. The normalized spacial score (nSPS) is 11.1. The molecule has 0 radical (unpaired) electrons. The number of aryl methyl sites for hydroxylation is 1. The number of hydrogen-bond acceptors (Lipinski definition) is 3. The Morgan fingerprint density at radius 1 is 1.26 bits per heavy atom. The standard InChI is InChI=1S/C14H13ClN4/c1-8-6-10(7-19-13(8)17-14(16)18-19)11-4-3-5-12(15)9(11)2/h3-7H,1-2H3,(H2,16,18). The van der Waals surface area contributed by atoms with Crippen LogP contribution in [0.1, 0.15) is 11.1 Å². The molecule has 0 aliphatic rings. The first kappa shape index (κ1) is 12.0. The fourth-order valence-corrected chi connectivity index (χ4v) is 2.41. The maximum Gasteiger partial charge on any atom is 0.240 e. The minimum Gasteiger partial charge on any atom is -0.366 e. The highest BCUT2D eigenvalue weighted by atomic mass is 35.5. The van der Waals surface area contributed by atoms with E-state index in [2.05, 4.69) is 16.1 Å². The molecule has 0 fully saturated rings. The van der Waals surface area contributed by atoms with E-state index in [1.807, 2.05) is 38.2 Å². The van der Waals surface area contributed by atoms with Crippen molar-refractivity contribution in [1.29, 1.82) is 0 Å². The lowest BCUT2D eigenvalue weighted by Gasteiger charge is -2.09. The van der Waals surface area contributed by atoms with Gasteiger partial charge >= 0.3 is 0 Å². The lowest BCUT2D eigenvalue weighted by Crippen LogP contribution is -1.94. The van der Waals surface area contributed by atoms with Crippen LogP contribution in [0.2, 0.25) is 5.02 Å². The first-order valence-corrected chi connectivity index (χ1v) is 6.32. The van der Waals surface area contributed by atoms with Crippen molar-refractivity contribution in [2.75, 3.05) is 5.73 Å². The largest absolute Gasteiger partial charge is 0.366 e. The van der Waals surface area contributed by atoms with Gasteiger partial charge in [0.05, 0.1) is 0 Å². The summed E-state index contributed by atoms with van der Waals surface area (Å²) in [6.45, 7) is 4.00. The third-order valence-corrected chi connectivity index (χ3v) is 3.62. The summed E-state index contributed by atoms with van der Waals surface area (Å²) in [6, 6.07) is 7.95. The second-order valence-corrected chi connectivity index (χ2v) is 4.97. The molecule has 3 aromatic rings. The molecule has 1 aromatic carbocycles. The molecule has 2 N–H and O–H groups in total. The Labute approximate surface area is 115 Å². The van der Waals surface area contributed by atoms with Gasteiger partial charge in [0.1, 0.15) is 0 Å². The van der Waals surface area contributed by atoms with E-state index in [1.54, 1.807) is 4.52 Å². The second kappa shape index (κ2) is 4.24. The summed E-state index contributed by atoms with van der Waals surface area (Å²) in [5, 5.41) is 4.92. The van der Waals surface area contributed by atoms with Gasteiger partial charge in [-0.15, -0.1) is 5.10 Å². The SMILES string of the molecule is Cc1c(Cl)cccc1-c1cc(C)c2nc(N)nn2c1. The molecule has 2 aromatic heterocycles. The van der Waals surface area contributed by atoms with Crippen LogP contribution in [0.25, 0.3) is 16.8 Å². The van der Waals surface area contributed by atoms with Crippen molar-refractivity contribution in [3.63, 3.8) is 0 Å². The van der Waals surface area contributed by atoms with Crippen LogP contribution in [-0.2, 0) is 0 Å². The Balaban J connectivity index is 2.28. The monoisotopic (exact) mass is 272 g/mol. The van der Waals surface area contributed by atoms with E-state index in [4.69, 9.17) is 17.3 Å². The van der Waals surface area contributed by atoms with E-state index in [-0.39, 0.29) is 5.95 Å². The molecule has 0 aliphatic carbocycles. The molecule has 0 amide bonds. The Kier molecular flexibility index (Phi) is 2.68. The number of pyridine rings is 1. The average molecular weight is 273 g/mol. The zero-order chi connectivity index (χ0) is 13.6. The lowest BCUT2D eigenvalue weighted by atomic mass is 10.0. The van der Waals surface area contributed by atoms with Crippen molar-refractivity contribution in [2.24, 2.45) is 0 Å². The van der Waals surface area contributed by atoms with Gasteiger partial charge in [-0.1, -0.05) is 23.7 Å². The van der Waals surface area contributed by atoms with Crippen molar-refractivity contribution < 1.29 is 0 Å². The summed E-state index contributed by atoms with van der Waals surface area (Å²) in [4.78, 5) is 4.19. The molecular formula is C14H13ClN4. The Bertz CT molecular complexity index is 776. The van der Waals surface area contributed by atoms with Gasteiger partial charge in [-0.25, -0.2) is 4.52 Å². The van der Waals surface area contributed by atoms with Gasteiger partial charge in [0.25, 0.3) is 0 Å². The molecule has 19 heavy (non-hydrogen) atoms. The molecule has 0 atom stereocenters.